The molecule has 0 aliphatic carbocycles. The van der Waals surface area contributed by atoms with Gasteiger partial charge in [0.15, 0.2) is 6.61 Å². The molecular weight excluding hydrogens is 366 g/mol. The van der Waals surface area contributed by atoms with Crippen LogP contribution in [0.5, 0.6) is 5.75 Å². The largest absolute Gasteiger partial charge is 0.481 e. The normalized spacial score (nSPS) is 11.4. The molecule has 0 aliphatic heterocycles. The second kappa shape index (κ2) is 7.56. The van der Waals surface area contributed by atoms with E-state index in [0.717, 1.165) is 20.5 Å². The number of ether oxygens (including phenoxy) is 1. The van der Waals surface area contributed by atoms with Crippen LogP contribution in [0.1, 0.15) is 22.9 Å². The monoisotopic (exact) mass is 381 g/mol. The highest BCUT2D eigenvalue weighted by molar-refractivity contribution is 9.10. The van der Waals surface area contributed by atoms with Crippen LogP contribution in [0.15, 0.2) is 39.3 Å². The summed E-state index contributed by atoms with van der Waals surface area (Å²) in [7, 11) is 0. The Morgan fingerprint density at radius 2 is 2.00 bits per heavy atom. The van der Waals surface area contributed by atoms with Gasteiger partial charge in [0.25, 0.3) is 0 Å². The van der Waals surface area contributed by atoms with E-state index in [1.54, 1.807) is 18.3 Å². The van der Waals surface area contributed by atoms with Gasteiger partial charge in [0.2, 0.25) is 0 Å². The third kappa shape index (κ3) is 4.42. The van der Waals surface area contributed by atoms with Crippen molar-refractivity contribution in [3.8, 4) is 5.75 Å². The second-order valence-corrected chi connectivity index (χ2v) is 6.64. The van der Waals surface area contributed by atoms with Crippen LogP contribution >= 0.6 is 27.3 Å². The summed E-state index contributed by atoms with van der Waals surface area (Å²) >= 11 is 4.96. The Labute approximate surface area is 141 Å². The lowest BCUT2D eigenvalue weighted by atomic mass is 10.1. The zero-order valence-electron chi connectivity index (χ0n) is 12.6. The number of carbonyl (C=O) groups excluding carboxylic acids is 1. The summed E-state index contributed by atoms with van der Waals surface area (Å²) in [6.07, 6.45) is 0. The number of rotatable bonds is 5. The Hall–Kier alpha value is -1.66. The topological polar surface area (TPSA) is 47.9 Å². The molecule has 0 bridgehead atoms. The first kappa shape index (κ1) is 16.7. The van der Waals surface area contributed by atoms with Crippen molar-refractivity contribution in [3.05, 3.63) is 50.1 Å². The number of nitrogens with zero attached hydrogens (tertiary/aromatic N) is 1. The predicted octanol–water partition coefficient (Wildman–Crippen LogP) is 4.47. The summed E-state index contributed by atoms with van der Waals surface area (Å²) in [5.74, 6) is 0.164. The fourth-order valence-electron chi connectivity index (χ4n) is 1.93. The number of hydrogen-bond acceptors (Lipinski definition) is 5. The SMILES string of the molecule is C/C(=N/OC(=O)COc1c(C)cc(Br)cc1C)c1cccs1. The van der Waals surface area contributed by atoms with Gasteiger partial charge in [-0.15, -0.1) is 11.3 Å². The molecule has 2 aromatic rings. The summed E-state index contributed by atoms with van der Waals surface area (Å²) in [6.45, 7) is 5.47. The van der Waals surface area contributed by atoms with E-state index < -0.39 is 5.97 Å². The van der Waals surface area contributed by atoms with Crippen LogP contribution in [0.4, 0.5) is 0 Å². The van der Waals surface area contributed by atoms with Crippen molar-refractivity contribution < 1.29 is 14.4 Å². The number of halogens is 1. The van der Waals surface area contributed by atoms with Crippen molar-refractivity contribution in [1.82, 2.24) is 0 Å². The highest BCUT2D eigenvalue weighted by Gasteiger charge is 2.10. The predicted molar refractivity (Wildman–Crippen MR) is 91.7 cm³/mol. The molecule has 0 aliphatic rings. The average Bonchev–Trinajstić information content (AvgIpc) is 2.97. The zero-order valence-corrected chi connectivity index (χ0v) is 15.0. The molecule has 0 spiro atoms. The van der Waals surface area contributed by atoms with Gasteiger partial charge >= 0.3 is 5.97 Å². The zero-order chi connectivity index (χ0) is 16.1. The van der Waals surface area contributed by atoms with Gasteiger partial charge in [0.1, 0.15) is 5.75 Å². The minimum Gasteiger partial charge on any atom is -0.481 e. The molecule has 116 valence electrons. The van der Waals surface area contributed by atoms with Crippen molar-refractivity contribution in [2.45, 2.75) is 20.8 Å². The minimum absolute atomic E-state index is 0.176. The van der Waals surface area contributed by atoms with Gasteiger partial charge in [-0.3, -0.25) is 0 Å². The van der Waals surface area contributed by atoms with Crippen molar-refractivity contribution in [2.75, 3.05) is 6.61 Å². The maximum atomic E-state index is 11.7. The van der Waals surface area contributed by atoms with Gasteiger partial charge in [0.05, 0.1) is 10.6 Å². The quantitative estimate of drug-likeness (QED) is 0.435. The van der Waals surface area contributed by atoms with Crippen molar-refractivity contribution in [3.63, 3.8) is 0 Å². The summed E-state index contributed by atoms with van der Waals surface area (Å²) in [5.41, 5.74) is 2.58. The number of hydrogen-bond donors (Lipinski definition) is 0. The number of benzene rings is 1. The maximum Gasteiger partial charge on any atom is 0.372 e. The van der Waals surface area contributed by atoms with E-state index in [1.807, 2.05) is 43.5 Å². The standard InChI is InChI=1S/C16H16BrNO3S/c1-10-7-13(17)8-11(2)16(10)20-9-15(19)21-18-12(3)14-5-4-6-22-14/h4-8H,9H2,1-3H3/b18-12-. The third-order valence-electron chi connectivity index (χ3n) is 2.92. The molecule has 6 heteroatoms. The van der Waals surface area contributed by atoms with Crippen molar-refractivity contribution in [2.24, 2.45) is 5.16 Å². The van der Waals surface area contributed by atoms with Crippen LogP contribution < -0.4 is 4.74 Å². The highest BCUT2D eigenvalue weighted by atomic mass is 79.9. The number of carbonyl (C=O) groups is 1. The molecule has 0 atom stereocenters. The van der Waals surface area contributed by atoms with Gasteiger partial charge in [-0.2, -0.15) is 0 Å². The molecule has 0 N–H and O–H groups in total. The summed E-state index contributed by atoms with van der Waals surface area (Å²) in [5, 5.41) is 5.77. The Kier molecular flexibility index (Phi) is 5.74. The number of thiophene rings is 1. The first-order chi connectivity index (χ1) is 10.5. The highest BCUT2D eigenvalue weighted by Crippen LogP contribution is 2.27. The van der Waals surface area contributed by atoms with Crippen molar-refractivity contribution >= 4 is 38.9 Å². The molecule has 1 heterocycles. The van der Waals surface area contributed by atoms with Crippen LogP contribution in [0, 0.1) is 13.8 Å². The Morgan fingerprint density at radius 1 is 1.32 bits per heavy atom. The Bertz CT molecular complexity index is 672. The lowest BCUT2D eigenvalue weighted by Gasteiger charge is -2.11. The van der Waals surface area contributed by atoms with Gasteiger partial charge in [-0.05, 0) is 55.5 Å². The van der Waals surface area contributed by atoms with Gasteiger partial charge in [-0.25, -0.2) is 4.79 Å². The summed E-state index contributed by atoms with van der Waals surface area (Å²) in [4.78, 5) is 17.6. The summed E-state index contributed by atoms with van der Waals surface area (Å²) < 4.78 is 6.53. The summed E-state index contributed by atoms with van der Waals surface area (Å²) in [6, 6.07) is 7.71. The number of oxime groups is 1. The Balaban J connectivity index is 1.92. The first-order valence-electron chi connectivity index (χ1n) is 6.65. The van der Waals surface area contributed by atoms with E-state index in [9.17, 15) is 4.79 Å². The van der Waals surface area contributed by atoms with Crippen LogP contribution in [0.25, 0.3) is 0 Å². The van der Waals surface area contributed by atoms with Gasteiger partial charge in [0, 0.05) is 4.47 Å². The molecule has 0 saturated heterocycles. The van der Waals surface area contributed by atoms with E-state index in [2.05, 4.69) is 21.1 Å². The van der Waals surface area contributed by atoms with E-state index in [4.69, 9.17) is 9.57 Å². The maximum absolute atomic E-state index is 11.7. The third-order valence-corrected chi connectivity index (χ3v) is 4.36. The van der Waals surface area contributed by atoms with E-state index in [-0.39, 0.29) is 6.61 Å². The molecule has 1 aromatic carbocycles. The van der Waals surface area contributed by atoms with E-state index in [0.29, 0.717) is 11.5 Å². The number of aryl methyl sites for hydroxylation is 2. The fourth-order valence-corrected chi connectivity index (χ4v) is 3.29. The first-order valence-corrected chi connectivity index (χ1v) is 8.32. The smallest absolute Gasteiger partial charge is 0.372 e. The lowest BCUT2D eigenvalue weighted by molar-refractivity contribution is -0.146. The molecular formula is C16H16BrNO3S. The molecule has 0 saturated carbocycles. The van der Waals surface area contributed by atoms with Crippen LogP contribution in [0.3, 0.4) is 0 Å². The Morgan fingerprint density at radius 3 is 2.59 bits per heavy atom. The lowest BCUT2D eigenvalue weighted by Crippen LogP contribution is -2.14. The molecule has 0 fully saturated rings. The molecule has 0 radical (unpaired) electrons. The molecule has 0 amide bonds. The molecule has 22 heavy (non-hydrogen) atoms. The molecule has 4 nitrogen and oxygen atoms in total. The molecule has 2 rings (SSSR count). The van der Waals surface area contributed by atoms with Crippen LogP contribution in [-0.4, -0.2) is 18.3 Å². The molecule has 1 aromatic heterocycles. The van der Waals surface area contributed by atoms with Crippen molar-refractivity contribution in [1.29, 1.82) is 0 Å². The van der Waals surface area contributed by atoms with Gasteiger partial charge in [-0.1, -0.05) is 27.2 Å². The van der Waals surface area contributed by atoms with Crippen LogP contribution in [-0.2, 0) is 9.63 Å². The average molecular weight is 382 g/mol. The molecule has 0 unspecified atom stereocenters. The second-order valence-electron chi connectivity index (χ2n) is 4.77. The minimum atomic E-state index is -0.530. The van der Waals surface area contributed by atoms with Crippen LogP contribution in [0.2, 0.25) is 0 Å². The van der Waals surface area contributed by atoms with E-state index in [1.165, 1.54) is 0 Å². The van der Waals surface area contributed by atoms with E-state index >= 15 is 0 Å². The fraction of sp³-hybridized carbons (Fsp3) is 0.250. The van der Waals surface area contributed by atoms with Gasteiger partial charge < -0.3 is 9.57 Å².